The molecule has 1 amide bonds. The van der Waals surface area contributed by atoms with Crippen LogP contribution in [0.5, 0.6) is 0 Å². The fraction of sp³-hybridized carbons (Fsp3) is 0.462. The topological polar surface area (TPSA) is 110 Å². The number of carbonyl (C=O) groups excluding carboxylic acids is 1. The fourth-order valence-corrected chi connectivity index (χ4v) is 3.39. The third-order valence-electron chi connectivity index (χ3n) is 3.93. The number of rotatable bonds is 3. The summed E-state index contributed by atoms with van der Waals surface area (Å²) in [6.07, 6.45) is 2.35. The summed E-state index contributed by atoms with van der Waals surface area (Å²) < 4.78 is 3.00. The summed E-state index contributed by atoms with van der Waals surface area (Å²) in [5, 5.41) is 13.5. The van der Waals surface area contributed by atoms with Gasteiger partial charge in [0.1, 0.15) is 28.9 Å². The number of carbonyl (C=O) groups is 2. The van der Waals surface area contributed by atoms with Crippen LogP contribution in [0.15, 0.2) is 15.7 Å². The second-order valence-corrected chi connectivity index (χ2v) is 6.13. The highest BCUT2D eigenvalue weighted by Gasteiger charge is 2.34. The lowest BCUT2D eigenvalue weighted by Crippen LogP contribution is -2.43. The van der Waals surface area contributed by atoms with Crippen molar-refractivity contribution in [2.75, 3.05) is 6.54 Å². The summed E-state index contributed by atoms with van der Waals surface area (Å²) in [6, 6.07) is -0.819. The number of aryl methyl sites for hydroxylation is 1. The van der Waals surface area contributed by atoms with E-state index < -0.39 is 23.5 Å². The quantitative estimate of drug-likeness (QED) is 0.796. The highest BCUT2D eigenvalue weighted by molar-refractivity contribution is 9.10. The number of aromatic nitrogens is 4. The maximum absolute atomic E-state index is 12.5. The Bertz CT molecular complexity index is 858. The summed E-state index contributed by atoms with van der Waals surface area (Å²) in [4.78, 5) is 41.4. The molecule has 23 heavy (non-hydrogen) atoms. The van der Waals surface area contributed by atoms with Crippen LogP contribution in [0.3, 0.4) is 0 Å². The van der Waals surface area contributed by atoms with E-state index in [1.807, 2.05) is 0 Å². The lowest BCUT2D eigenvalue weighted by Gasteiger charge is -2.21. The number of carboxylic acids is 1. The van der Waals surface area contributed by atoms with Crippen molar-refractivity contribution in [1.82, 2.24) is 24.2 Å². The first kappa shape index (κ1) is 15.7. The summed E-state index contributed by atoms with van der Waals surface area (Å²) >= 11 is 3.21. The zero-order valence-electron chi connectivity index (χ0n) is 12.3. The Labute approximate surface area is 138 Å². The number of hydrogen-bond acceptors (Lipinski definition) is 5. The van der Waals surface area contributed by atoms with Crippen LogP contribution in [0.4, 0.5) is 0 Å². The maximum atomic E-state index is 12.5. The minimum absolute atomic E-state index is 0.243. The molecule has 2 aromatic heterocycles. The number of aliphatic carboxylic acids is 1. The zero-order chi connectivity index (χ0) is 16.7. The van der Waals surface area contributed by atoms with Crippen LogP contribution < -0.4 is 5.56 Å². The van der Waals surface area contributed by atoms with Crippen LogP contribution in [0.1, 0.15) is 12.8 Å². The van der Waals surface area contributed by atoms with Crippen molar-refractivity contribution >= 4 is 38.8 Å². The molecule has 3 rings (SSSR count). The van der Waals surface area contributed by atoms with E-state index in [0.29, 0.717) is 35.0 Å². The van der Waals surface area contributed by atoms with Gasteiger partial charge >= 0.3 is 5.97 Å². The molecule has 9 nitrogen and oxygen atoms in total. The van der Waals surface area contributed by atoms with Crippen LogP contribution in [0, 0.1) is 0 Å². The largest absolute Gasteiger partial charge is 0.480 e. The predicted molar refractivity (Wildman–Crippen MR) is 82.8 cm³/mol. The van der Waals surface area contributed by atoms with Crippen molar-refractivity contribution in [2.45, 2.75) is 25.4 Å². The molecule has 0 aromatic carbocycles. The SMILES string of the molecule is Cn1nc(Br)c2c(=O)n(CC(=O)N3CCC[C@H]3C(=O)O)cnc21. The first-order chi connectivity index (χ1) is 10.9. The smallest absolute Gasteiger partial charge is 0.326 e. The van der Waals surface area contributed by atoms with Gasteiger partial charge in [0.15, 0.2) is 5.65 Å². The molecule has 0 radical (unpaired) electrons. The van der Waals surface area contributed by atoms with Crippen LogP contribution in [0.2, 0.25) is 0 Å². The van der Waals surface area contributed by atoms with Crippen LogP contribution in [-0.2, 0) is 23.2 Å². The van der Waals surface area contributed by atoms with Crippen molar-refractivity contribution in [2.24, 2.45) is 7.05 Å². The van der Waals surface area contributed by atoms with Gasteiger partial charge in [-0.05, 0) is 28.8 Å². The molecule has 1 saturated heterocycles. The van der Waals surface area contributed by atoms with Gasteiger partial charge in [-0.2, -0.15) is 5.10 Å². The number of amides is 1. The molecule has 2 aromatic rings. The Morgan fingerprint density at radius 2 is 2.22 bits per heavy atom. The van der Waals surface area contributed by atoms with Gasteiger partial charge in [-0.3, -0.25) is 14.2 Å². The Hall–Kier alpha value is -2.23. The third kappa shape index (κ3) is 2.62. The van der Waals surface area contributed by atoms with Gasteiger partial charge in [0.25, 0.3) is 5.56 Å². The molecular weight excluding hydrogens is 370 g/mol. The summed E-state index contributed by atoms with van der Waals surface area (Å²) in [5.41, 5.74) is 0.0181. The van der Waals surface area contributed by atoms with Crippen molar-refractivity contribution in [1.29, 1.82) is 0 Å². The van der Waals surface area contributed by atoms with Gasteiger partial charge < -0.3 is 10.0 Å². The third-order valence-corrected chi connectivity index (χ3v) is 4.49. The minimum Gasteiger partial charge on any atom is -0.480 e. The molecule has 0 spiro atoms. The van der Waals surface area contributed by atoms with E-state index in [1.54, 1.807) is 7.05 Å². The van der Waals surface area contributed by atoms with E-state index in [2.05, 4.69) is 26.0 Å². The number of fused-ring (bicyclic) bond motifs is 1. The van der Waals surface area contributed by atoms with Gasteiger partial charge in [0, 0.05) is 13.6 Å². The molecule has 0 unspecified atom stereocenters. The number of carboxylic acid groups (broad SMARTS) is 1. The summed E-state index contributed by atoms with van der Waals surface area (Å²) in [6.45, 7) is 0.143. The van der Waals surface area contributed by atoms with E-state index in [-0.39, 0.29) is 6.54 Å². The first-order valence-corrected chi connectivity index (χ1v) is 7.79. The van der Waals surface area contributed by atoms with E-state index in [1.165, 1.54) is 20.5 Å². The number of nitrogens with zero attached hydrogens (tertiary/aromatic N) is 5. The lowest BCUT2D eigenvalue weighted by atomic mass is 10.2. The molecule has 3 heterocycles. The second-order valence-electron chi connectivity index (χ2n) is 5.37. The van der Waals surface area contributed by atoms with E-state index >= 15 is 0 Å². The van der Waals surface area contributed by atoms with Gasteiger partial charge in [-0.1, -0.05) is 0 Å². The van der Waals surface area contributed by atoms with Crippen LogP contribution >= 0.6 is 15.9 Å². The normalized spacial score (nSPS) is 17.8. The van der Waals surface area contributed by atoms with Gasteiger partial charge in [-0.15, -0.1) is 0 Å². The fourth-order valence-electron chi connectivity index (χ4n) is 2.81. The molecule has 1 N–H and O–H groups in total. The molecular formula is C13H14BrN5O4. The predicted octanol–water partition coefficient (Wildman–Crippen LogP) is -0.0319. The molecule has 0 saturated carbocycles. The summed E-state index contributed by atoms with van der Waals surface area (Å²) in [7, 11) is 1.66. The van der Waals surface area contributed by atoms with E-state index in [4.69, 9.17) is 5.11 Å². The molecule has 1 fully saturated rings. The monoisotopic (exact) mass is 383 g/mol. The average Bonchev–Trinajstić information content (AvgIpc) is 3.07. The van der Waals surface area contributed by atoms with Crippen molar-refractivity contribution < 1.29 is 14.7 Å². The molecule has 0 bridgehead atoms. The average molecular weight is 384 g/mol. The minimum atomic E-state index is -1.02. The summed E-state index contributed by atoms with van der Waals surface area (Å²) in [5.74, 6) is -1.43. The first-order valence-electron chi connectivity index (χ1n) is 7.00. The number of hydrogen-bond donors (Lipinski definition) is 1. The van der Waals surface area contributed by atoms with Crippen LogP contribution in [-0.4, -0.2) is 53.8 Å². The van der Waals surface area contributed by atoms with Crippen LogP contribution in [0.25, 0.3) is 11.0 Å². The number of halogens is 1. The number of likely N-dealkylation sites (tertiary alicyclic amines) is 1. The Balaban J connectivity index is 1.91. The zero-order valence-corrected chi connectivity index (χ0v) is 13.9. The van der Waals surface area contributed by atoms with Crippen molar-refractivity contribution in [3.63, 3.8) is 0 Å². The molecule has 1 atom stereocenters. The molecule has 122 valence electrons. The second kappa shape index (κ2) is 5.76. The van der Waals surface area contributed by atoms with Gasteiger partial charge in [0.2, 0.25) is 5.91 Å². The molecule has 1 aliphatic rings. The van der Waals surface area contributed by atoms with E-state index in [9.17, 15) is 14.4 Å². The Morgan fingerprint density at radius 3 is 2.91 bits per heavy atom. The highest BCUT2D eigenvalue weighted by atomic mass is 79.9. The Morgan fingerprint density at radius 1 is 1.48 bits per heavy atom. The van der Waals surface area contributed by atoms with Gasteiger partial charge in [-0.25, -0.2) is 14.5 Å². The molecule has 10 heteroatoms. The lowest BCUT2D eigenvalue weighted by molar-refractivity contribution is -0.148. The highest BCUT2D eigenvalue weighted by Crippen LogP contribution is 2.19. The molecule has 0 aliphatic carbocycles. The van der Waals surface area contributed by atoms with Gasteiger partial charge in [0.05, 0.1) is 0 Å². The van der Waals surface area contributed by atoms with Crippen molar-refractivity contribution in [3.05, 3.63) is 21.3 Å². The van der Waals surface area contributed by atoms with Crippen molar-refractivity contribution in [3.8, 4) is 0 Å². The standard InChI is InChI=1S/C13H14BrN5O4/c1-17-11-9(10(14)16-17)12(21)18(6-15-11)5-8(20)19-4-2-3-7(19)13(22)23/h6-7H,2-5H2,1H3,(H,22,23)/t7-/m0/s1. The Kier molecular flexibility index (Phi) is 3.92. The molecule has 1 aliphatic heterocycles. The van der Waals surface area contributed by atoms with E-state index in [0.717, 1.165) is 0 Å². The maximum Gasteiger partial charge on any atom is 0.326 e.